The molecule has 0 N–H and O–H groups in total. The Morgan fingerprint density at radius 3 is 2.24 bits per heavy atom. The van der Waals surface area contributed by atoms with Gasteiger partial charge in [0.1, 0.15) is 29.8 Å². The molecule has 12 heteroatoms. The number of fused-ring (bicyclic) bond motifs is 1. The van der Waals surface area contributed by atoms with E-state index in [2.05, 4.69) is 10.2 Å². The molecule has 0 spiro atoms. The highest BCUT2D eigenvalue weighted by atomic mass is 32.2. The summed E-state index contributed by atoms with van der Waals surface area (Å²) in [4.78, 5) is 2.05. The van der Waals surface area contributed by atoms with Gasteiger partial charge in [0.25, 0.3) is 0 Å². The molecule has 3 aliphatic rings. The van der Waals surface area contributed by atoms with Crippen molar-refractivity contribution in [2.75, 3.05) is 18.0 Å². The number of alkyl halides is 3. The summed E-state index contributed by atoms with van der Waals surface area (Å²) in [5.41, 5.74) is 0.982. The van der Waals surface area contributed by atoms with Gasteiger partial charge in [0.05, 0.1) is 0 Å². The topological polar surface area (TPSA) is 71.3 Å². The zero-order valence-electron chi connectivity index (χ0n) is 19.7. The maximum atomic E-state index is 15.2. The fourth-order valence-corrected chi connectivity index (χ4v) is 8.18. The Kier molecular flexibility index (Phi) is 5.79. The van der Waals surface area contributed by atoms with Gasteiger partial charge in [-0.3, -0.25) is 0 Å². The predicted molar refractivity (Wildman–Crippen MR) is 127 cm³/mol. The van der Waals surface area contributed by atoms with Gasteiger partial charge in [-0.15, -0.1) is 10.2 Å². The molecular weight excluding hydrogens is 510 g/mol. The standard InChI is InChI=1S/C25H25F4N5O2S/c26-21-10-18(32-12-19-20(13-32)24(19)33-14-30-31-15-33)7-6-17(21)11-34-23(25(27,28)29)9-8-22(37(34,35)36)16-4-2-1-3-5-16/h1-7,10,14-15,19-20,22-24H,8-9,11-13H2/t19-,20+,22-,23-,24-/m1/s1. The summed E-state index contributed by atoms with van der Waals surface area (Å²) >= 11 is 0. The van der Waals surface area contributed by atoms with E-state index in [-0.39, 0.29) is 18.4 Å². The van der Waals surface area contributed by atoms with Crippen LogP contribution in [0.5, 0.6) is 0 Å². The molecule has 1 aliphatic carbocycles. The minimum absolute atomic E-state index is 0.0815. The fourth-order valence-electron chi connectivity index (χ4n) is 6.02. The zero-order chi connectivity index (χ0) is 25.9. The number of piperidine rings is 1. The van der Waals surface area contributed by atoms with Crippen molar-refractivity contribution < 1.29 is 26.0 Å². The molecule has 2 saturated heterocycles. The number of rotatable bonds is 5. The first-order valence-electron chi connectivity index (χ1n) is 12.1. The lowest BCUT2D eigenvalue weighted by molar-refractivity contribution is -0.176. The maximum absolute atomic E-state index is 15.2. The number of hydrogen-bond acceptors (Lipinski definition) is 5. The second kappa shape index (κ2) is 8.80. The Balaban J connectivity index is 1.22. The van der Waals surface area contributed by atoms with Crippen molar-refractivity contribution in [1.29, 1.82) is 0 Å². The quantitative estimate of drug-likeness (QED) is 0.455. The van der Waals surface area contributed by atoms with Crippen LogP contribution in [0.3, 0.4) is 0 Å². The van der Waals surface area contributed by atoms with Gasteiger partial charge in [-0.1, -0.05) is 36.4 Å². The van der Waals surface area contributed by atoms with Crippen molar-refractivity contribution in [3.05, 3.63) is 78.1 Å². The van der Waals surface area contributed by atoms with E-state index in [0.29, 0.717) is 33.4 Å². The molecule has 1 saturated carbocycles. The van der Waals surface area contributed by atoms with Gasteiger partial charge in [0, 0.05) is 48.8 Å². The SMILES string of the molecule is O=S1(=O)[C@@H](c2ccccc2)CC[C@H](C(F)(F)F)N1Cc1ccc(N2C[C@@H]3[C@H](C2)[C@@H]3n2cnnc2)cc1F. The van der Waals surface area contributed by atoms with E-state index in [9.17, 15) is 21.6 Å². The third-order valence-corrected chi connectivity index (χ3v) is 10.2. The summed E-state index contributed by atoms with van der Waals surface area (Å²) in [5, 5.41) is 6.58. The maximum Gasteiger partial charge on any atom is 0.405 e. The highest BCUT2D eigenvalue weighted by Gasteiger charge is 2.57. The van der Waals surface area contributed by atoms with Gasteiger partial charge in [0.15, 0.2) is 0 Å². The number of hydrogen-bond donors (Lipinski definition) is 0. The van der Waals surface area contributed by atoms with Crippen LogP contribution in [-0.2, 0) is 16.6 Å². The molecule has 2 aliphatic heterocycles. The second-order valence-corrected chi connectivity index (χ2v) is 12.1. The van der Waals surface area contributed by atoms with Crippen molar-refractivity contribution in [2.45, 2.75) is 42.9 Å². The molecule has 6 rings (SSSR count). The van der Waals surface area contributed by atoms with Crippen LogP contribution in [0.2, 0.25) is 0 Å². The summed E-state index contributed by atoms with van der Waals surface area (Å²) in [6.45, 7) is 0.770. The molecular formula is C25H25F4N5O2S. The Morgan fingerprint density at radius 1 is 0.946 bits per heavy atom. The number of nitrogens with zero attached hydrogens (tertiary/aromatic N) is 5. The molecule has 0 unspecified atom stereocenters. The smallest absolute Gasteiger partial charge is 0.371 e. The van der Waals surface area contributed by atoms with Crippen molar-refractivity contribution in [1.82, 2.24) is 19.1 Å². The number of halogens is 4. The highest BCUT2D eigenvalue weighted by Crippen LogP contribution is 2.55. The van der Waals surface area contributed by atoms with Crippen molar-refractivity contribution in [3.8, 4) is 0 Å². The van der Waals surface area contributed by atoms with Crippen LogP contribution >= 0.6 is 0 Å². The van der Waals surface area contributed by atoms with E-state index in [1.807, 2.05) is 9.47 Å². The van der Waals surface area contributed by atoms with Gasteiger partial charge in [-0.05, 0) is 30.5 Å². The zero-order valence-corrected chi connectivity index (χ0v) is 20.5. The van der Waals surface area contributed by atoms with Gasteiger partial charge in [-0.25, -0.2) is 12.8 Å². The molecule has 3 aromatic rings. The van der Waals surface area contributed by atoms with E-state index < -0.39 is 39.9 Å². The van der Waals surface area contributed by atoms with Gasteiger partial charge < -0.3 is 9.47 Å². The van der Waals surface area contributed by atoms with E-state index in [1.54, 1.807) is 49.1 Å². The van der Waals surface area contributed by atoms with Gasteiger partial charge in [-0.2, -0.15) is 17.5 Å². The molecule has 7 nitrogen and oxygen atoms in total. The number of benzene rings is 2. The lowest BCUT2D eigenvalue weighted by Crippen LogP contribution is -2.52. The number of sulfonamides is 1. The molecule has 0 radical (unpaired) electrons. The van der Waals surface area contributed by atoms with Crippen LogP contribution in [0.15, 0.2) is 61.2 Å². The molecule has 1 aromatic heterocycles. The average molecular weight is 536 g/mol. The minimum Gasteiger partial charge on any atom is -0.371 e. The van der Waals surface area contributed by atoms with Gasteiger partial charge in [0.2, 0.25) is 10.0 Å². The Bertz CT molecular complexity index is 1370. The molecule has 3 fully saturated rings. The molecule has 37 heavy (non-hydrogen) atoms. The molecule has 0 bridgehead atoms. The number of aromatic nitrogens is 3. The molecule has 5 atom stereocenters. The van der Waals surface area contributed by atoms with Crippen molar-refractivity contribution >= 4 is 15.7 Å². The Labute approximate surface area is 211 Å². The first-order chi connectivity index (χ1) is 17.6. The van der Waals surface area contributed by atoms with E-state index in [1.165, 1.54) is 12.1 Å². The van der Waals surface area contributed by atoms with Crippen molar-refractivity contribution in [2.24, 2.45) is 11.8 Å². The molecule has 2 aromatic carbocycles. The summed E-state index contributed by atoms with van der Waals surface area (Å²) < 4.78 is 86.2. The normalized spacial score (nSPS) is 29.3. The fraction of sp³-hybridized carbons (Fsp3) is 0.440. The highest BCUT2D eigenvalue weighted by molar-refractivity contribution is 7.89. The average Bonchev–Trinajstić information content (AvgIpc) is 3.23. The minimum atomic E-state index is -4.76. The summed E-state index contributed by atoms with van der Waals surface area (Å²) in [5.74, 6) is 0.0887. The van der Waals surface area contributed by atoms with Crippen LogP contribution in [0.1, 0.15) is 35.3 Å². The van der Waals surface area contributed by atoms with E-state index in [0.717, 1.165) is 13.1 Å². The van der Waals surface area contributed by atoms with Crippen LogP contribution in [0.25, 0.3) is 0 Å². The predicted octanol–water partition coefficient (Wildman–Crippen LogP) is 4.32. The van der Waals surface area contributed by atoms with E-state index in [4.69, 9.17) is 0 Å². The van der Waals surface area contributed by atoms with Crippen molar-refractivity contribution in [3.63, 3.8) is 0 Å². The summed E-state index contributed by atoms with van der Waals surface area (Å²) in [7, 11) is -4.40. The first kappa shape index (κ1) is 24.4. The first-order valence-corrected chi connectivity index (χ1v) is 13.6. The Hall–Kier alpha value is -2.99. The Morgan fingerprint density at radius 2 is 1.62 bits per heavy atom. The third kappa shape index (κ3) is 4.29. The monoisotopic (exact) mass is 535 g/mol. The molecule has 0 amide bonds. The summed E-state index contributed by atoms with van der Waals surface area (Å²) in [6.07, 6.45) is -1.92. The third-order valence-electron chi connectivity index (χ3n) is 7.94. The molecule has 196 valence electrons. The van der Waals surface area contributed by atoms with Crippen LogP contribution in [-0.4, -0.2) is 52.8 Å². The lowest BCUT2D eigenvalue weighted by Gasteiger charge is -2.39. The second-order valence-electron chi connectivity index (χ2n) is 10.0. The molecule has 3 heterocycles. The van der Waals surface area contributed by atoms with Crippen LogP contribution in [0.4, 0.5) is 23.2 Å². The van der Waals surface area contributed by atoms with E-state index >= 15 is 4.39 Å². The van der Waals surface area contributed by atoms with Crippen LogP contribution < -0.4 is 4.90 Å². The van der Waals surface area contributed by atoms with Crippen LogP contribution in [0, 0.1) is 17.7 Å². The largest absolute Gasteiger partial charge is 0.405 e. The van der Waals surface area contributed by atoms with Gasteiger partial charge >= 0.3 is 6.18 Å². The number of anilines is 1. The summed E-state index contributed by atoms with van der Waals surface area (Å²) in [6, 6.07) is 10.7. The lowest BCUT2D eigenvalue weighted by atomic mass is 10.0.